The number of benzene rings is 3. The van der Waals surface area contributed by atoms with Crippen LogP contribution in [0.3, 0.4) is 0 Å². The summed E-state index contributed by atoms with van der Waals surface area (Å²) in [6.45, 7) is -2.35. The van der Waals surface area contributed by atoms with Crippen molar-refractivity contribution >= 4 is 18.0 Å². The number of aromatic carboxylic acids is 1. The number of aliphatic hydroxyl groups is 6. The quantitative estimate of drug-likeness (QED) is 0.0673. The van der Waals surface area contributed by atoms with Gasteiger partial charge in [-0.3, -0.25) is 0 Å². The van der Waals surface area contributed by atoms with Crippen LogP contribution in [-0.2, 0) is 23.7 Å². The van der Waals surface area contributed by atoms with Gasteiger partial charge >= 0.3 is 11.9 Å². The molecule has 0 saturated carbocycles. The molecular formula is C37H42O19. The van der Waals surface area contributed by atoms with Gasteiger partial charge in [-0.15, -0.1) is 0 Å². The lowest BCUT2D eigenvalue weighted by molar-refractivity contribution is -0.297. The molecule has 5 rings (SSSR count). The lowest BCUT2D eigenvalue weighted by Gasteiger charge is -2.39. The molecule has 0 radical (unpaired) electrons. The molecule has 0 aromatic heterocycles. The Morgan fingerprint density at radius 2 is 1.66 bits per heavy atom. The molecule has 9 atom stereocenters. The fraction of sp³-hybridized carbons (Fsp3) is 0.405. The van der Waals surface area contributed by atoms with Crippen molar-refractivity contribution in [1.29, 1.82) is 0 Å². The fourth-order valence-electron chi connectivity index (χ4n) is 5.71. The van der Waals surface area contributed by atoms with E-state index in [1.165, 1.54) is 56.7 Å². The van der Waals surface area contributed by atoms with Crippen LogP contribution in [0.2, 0.25) is 0 Å². The second-order valence-electron chi connectivity index (χ2n) is 12.8. The number of rotatable bonds is 16. The number of ether oxygens (including phenoxy) is 8. The first-order chi connectivity index (χ1) is 26.7. The minimum atomic E-state index is -2.18. The zero-order valence-corrected chi connectivity index (χ0v) is 29.9. The van der Waals surface area contributed by atoms with Crippen LogP contribution in [0.25, 0.3) is 6.08 Å². The van der Waals surface area contributed by atoms with Crippen molar-refractivity contribution in [1.82, 2.24) is 0 Å². The Morgan fingerprint density at radius 1 is 0.929 bits per heavy atom. The molecule has 0 spiro atoms. The number of carboxylic acid groups (broad SMARTS) is 1. The number of hydrogen-bond acceptors (Lipinski definition) is 18. The molecule has 0 amide bonds. The zero-order valence-electron chi connectivity index (χ0n) is 29.9. The predicted octanol–water partition coefficient (Wildman–Crippen LogP) is -0.167. The van der Waals surface area contributed by atoms with E-state index in [-0.39, 0.29) is 28.7 Å². The number of aromatic hydroxyl groups is 2. The maximum absolute atomic E-state index is 12.6. The number of aliphatic hydroxyl groups excluding tert-OH is 5. The number of phenolic OH excluding ortho intramolecular Hbond substituents is 1. The van der Waals surface area contributed by atoms with Crippen molar-refractivity contribution in [2.75, 3.05) is 40.6 Å². The first-order valence-electron chi connectivity index (χ1n) is 16.9. The molecule has 0 aliphatic carbocycles. The first-order valence-corrected chi connectivity index (χ1v) is 16.9. The van der Waals surface area contributed by atoms with Gasteiger partial charge in [-0.2, -0.15) is 0 Å². The van der Waals surface area contributed by atoms with Gasteiger partial charge in [0.1, 0.15) is 48.1 Å². The van der Waals surface area contributed by atoms with Crippen LogP contribution in [0.5, 0.6) is 34.5 Å². The second-order valence-corrected chi connectivity index (χ2v) is 12.8. The van der Waals surface area contributed by atoms with E-state index >= 15 is 0 Å². The number of carbonyl (C=O) groups excluding carboxylic acids is 1. The average molecular weight is 791 g/mol. The van der Waals surface area contributed by atoms with Crippen LogP contribution in [-0.4, -0.2) is 147 Å². The van der Waals surface area contributed by atoms with E-state index in [2.05, 4.69) is 0 Å². The number of carbonyl (C=O) groups is 2. The van der Waals surface area contributed by atoms with Crippen LogP contribution in [0.15, 0.2) is 60.7 Å². The molecule has 0 unspecified atom stereocenters. The van der Waals surface area contributed by atoms with E-state index in [9.17, 15) is 55.5 Å². The minimum absolute atomic E-state index is 0.103. The first kappa shape index (κ1) is 41.9. The third kappa shape index (κ3) is 9.59. The van der Waals surface area contributed by atoms with Crippen molar-refractivity contribution in [3.8, 4) is 34.5 Å². The van der Waals surface area contributed by atoms with Gasteiger partial charge < -0.3 is 83.9 Å². The second kappa shape index (κ2) is 18.2. The molecule has 3 aromatic rings. The number of carboxylic acids is 1. The third-order valence-electron chi connectivity index (χ3n) is 8.90. The number of hydrogen-bond donors (Lipinski definition) is 9. The molecular weight excluding hydrogens is 748 g/mol. The molecule has 2 aliphatic heterocycles. The molecule has 2 fully saturated rings. The van der Waals surface area contributed by atoms with Crippen molar-refractivity contribution in [2.45, 2.75) is 54.8 Å². The largest absolute Gasteiger partial charge is 0.507 e. The normalized spacial score (nSPS) is 26.0. The van der Waals surface area contributed by atoms with E-state index in [1.807, 2.05) is 0 Å². The summed E-state index contributed by atoms with van der Waals surface area (Å²) in [4.78, 5) is 24.0. The van der Waals surface area contributed by atoms with E-state index in [4.69, 9.17) is 37.9 Å². The summed E-state index contributed by atoms with van der Waals surface area (Å²) >= 11 is 0. The van der Waals surface area contributed by atoms with Crippen LogP contribution in [0.1, 0.15) is 27.6 Å². The standard InChI is InChI=1S/C37H42O19/c1-49-26-12-19(5-7-23(26)40)30(43)28(14-38)55-25-9-3-18(11-27(25)50-2)4-10-29(42)52-16-37(48)17-53-36(33(37)45)56-32-31(44)24(41)15-51-35(32)54-20-6-8-22(39)21(13-20)34(46)47/h3-13,24,28,30-33,35-36,38-41,43-45,48H,14-17H2,1-2H3,(H,46,47)/t24-,28+,30-,31+,32-,33+,35+,36+,37-/m1/s1. The van der Waals surface area contributed by atoms with Gasteiger partial charge in [-0.25, -0.2) is 9.59 Å². The third-order valence-corrected chi connectivity index (χ3v) is 8.90. The summed E-state index contributed by atoms with van der Waals surface area (Å²) in [5.74, 6) is -2.69. The lowest BCUT2D eigenvalue weighted by Crippen LogP contribution is -2.58. The number of esters is 1. The summed E-state index contributed by atoms with van der Waals surface area (Å²) in [6, 6.07) is 12.0. The average Bonchev–Trinajstić information content (AvgIpc) is 3.47. The van der Waals surface area contributed by atoms with Gasteiger partial charge in [0.15, 0.2) is 47.1 Å². The summed E-state index contributed by atoms with van der Waals surface area (Å²) in [5, 5.41) is 92.6. The van der Waals surface area contributed by atoms with E-state index in [0.717, 1.165) is 18.2 Å². The summed E-state index contributed by atoms with van der Waals surface area (Å²) in [5.41, 5.74) is -1.92. The Kier molecular flexibility index (Phi) is 13.6. The van der Waals surface area contributed by atoms with Crippen LogP contribution in [0, 0.1) is 0 Å². The van der Waals surface area contributed by atoms with Gasteiger partial charge in [-0.1, -0.05) is 12.1 Å². The predicted molar refractivity (Wildman–Crippen MR) is 187 cm³/mol. The fourth-order valence-corrected chi connectivity index (χ4v) is 5.71. The monoisotopic (exact) mass is 790 g/mol. The Balaban J connectivity index is 1.17. The molecule has 9 N–H and O–H groups in total. The topological polar surface area (TPSA) is 290 Å². The molecule has 56 heavy (non-hydrogen) atoms. The highest BCUT2D eigenvalue weighted by Gasteiger charge is 2.53. The van der Waals surface area contributed by atoms with Crippen molar-refractivity contribution in [2.24, 2.45) is 0 Å². The van der Waals surface area contributed by atoms with Crippen LogP contribution < -0.4 is 18.9 Å². The van der Waals surface area contributed by atoms with Crippen molar-refractivity contribution in [3.63, 3.8) is 0 Å². The summed E-state index contributed by atoms with van der Waals surface area (Å²) < 4.78 is 43.6. The Labute approximate surface area is 318 Å². The highest BCUT2D eigenvalue weighted by Crippen LogP contribution is 2.35. The molecule has 3 aromatic carbocycles. The molecule has 0 bridgehead atoms. The van der Waals surface area contributed by atoms with Gasteiger partial charge in [0.25, 0.3) is 0 Å². The van der Waals surface area contributed by atoms with Crippen LogP contribution >= 0.6 is 0 Å². The molecule has 19 heteroatoms. The lowest BCUT2D eigenvalue weighted by atomic mass is 10.0. The van der Waals surface area contributed by atoms with Gasteiger partial charge in [0.05, 0.1) is 34.0 Å². The summed E-state index contributed by atoms with van der Waals surface area (Å²) in [6.07, 6.45) is -9.74. The van der Waals surface area contributed by atoms with E-state index in [0.29, 0.717) is 11.1 Å². The van der Waals surface area contributed by atoms with Gasteiger partial charge in [-0.05, 0) is 59.7 Å². The van der Waals surface area contributed by atoms with Crippen molar-refractivity contribution in [3.05, 3.63) is 77.4 Å². The number of phenols is 2. The molecule has 2 heterocycles. The van der Waals surface area contributed by atoms with Gasteiger partial charge in [0, 0.05) is 6.08 Å². The SMILES string of the molecule is COc1cc([C@@H](O)[C@H](CO)Oc2ccc(C=CC(=O)OC[C@@]3(O)CO[C@@H](O[C@H]4[C@H](Oc5ccc(O)c(C(=O)O)c5)OC[C@@H](O)[C@@H]4O)[C@@H]3O)cc2OC)ccc1O. The molecule has 19 nitrogen and oxygen atoms in total. The van der Waals surface area contributed by atoms with Gasteiger partial charge in [0.2, 0.25) is 6.29 Å². The maximum atomic E-state index is 12.6. The Morgan fingerprint density at radius 3 is 2.36 bits per heavy atom. The Hall–Kier alpha value is -5.22. The number of methoxy groups -OCH3 is 2. The molecule has 304 valence electrons. The van der Waals surface area contributed by atoms with Crippen molar-refractivity contribution < 1.29 is 93.4 Å². The van der Waals surface area contributed by atoms with Crippen LogP contribution in [0.4, 0.5) is 0 Å². The highest BCUT2D eigenvalue weighted by molar-refractivity contribution is 5.91. The zero-order chi connectivity index (χ0) is 40.7. The molecule has 2 aliphatic rings. The molecule has 2 saturated heterocycles. The maximum Gasteiger partial charge on any atom is 0.339 e. The highest BCUT2D eigenvalue weighted by atomic mass is 16.8. The smallest absolute Gasteiger partial charge is 0.339 e. The Bertz CT molecular complexity index is 1870. The van der Waals surface area contributed by atoms with E-state index < -0.39 is 104 Å². The minimum Gasteiger partial charge on any atom is -0.507 e. The van der Waals surface area contributed by atoms with E-state index in [1.54, 1.807) is 6.07 Å². The summed E-state index contributed by atoms with van der Waals surface area (Å²) in [7, 11) is 2.71.